The van der Waals surface area contributed by atoms with Crippen LogP contribution in [0.1, 0.15) is 23.0 Å². The topological polar surface area (TPSA) is 82.6 Å². The van der Waals surface area contributed by atoms with E-state index in [0.717, 1.165) is 13.1 Å². The second-order valence-corrected chi connectivity index (χ2v) is 4.38. The van der Waals surface area contributed by atoms with Gasteiger partial charge in [0.25, 0.3) is 0 Å². The van der Waals surface area contributed by atoms with Gasteiger partial charge in [-0.25, -0.2) is 9.78 Å². The van der Waals surface area contributed by atoms with E-state index >= 15 is 0 Å². The van der Waals surface area contributed by atoms with Gasteiger partial charge in [0.05, 0.1) is 24.5 Å². The molecule has 1 aliphatic heterocycles. The standard InChI is InChI=1S/C13H19N3O4/c1-3-18-12(17)11-7-15-13(16-9(11)2)20-8-10-6-14-4-5-19-10/h7,10,14H,3-6,8H2,1-2H3. The van der Waals surface area contributed by atoms with Crippen LogP contribution in [0.25, 0.3) is 0 Å². The third kappa shape index (κ3) is 3.88. The number of aromatic nitrogens is 2. The summed E-state index contributed by atoms with van der Waals surface area (Å²) in [5, 5.41) is 3.21. The first-order chi connectivity index (χ1) is 9.70. The van der Waals surface area contributed by atoms with Gasteiger partial charge in [-0.15, -0.1) is 0 Å². The van der Waals surface area contributed by atoms with Crippen LogP contribution < -0.4 is 10.1 Å². The summed E-state index contributed by atoms with van der Waals surface area (Å²) in [5.74, 6) is -0.420. The van der Waals surface area contributed by atoms with Gasteiger partial charge < -0.3 is 19.5 Å². The molecule has 0 bridgehead atoms. The van der Waals surface area contributed by atoms with Crippen LogP contribution in [-0.4, -0.2) is 55.0 Å². The fraction of sp³-hybridized carbons (Fsp3) is 0.615. The minimum atomic E-state index is -0.420. The highest BCUT2D eigenvalue weighted by atomic mass is 16.5. The molecule has 1 unspecified atom stereocenters. The van der Waals surface area contributed by atoms with Crippen molar-refractivity contribution in [1.29, 1.82) is 0 Å². The summed E-state index contributed by atoms with van der Waals surface area (Å²) in [5.41, 5.74) is 0.894. The Bertz CT molecular complexity index is 461. The molecule has 1 aliphatic rings. The number of nitrogens with zero attached hydrogens (tertiary/aromatic N) is 2. The third-order valence-electron chi connectivity index (χ3n) is 2.86. The number of hydrogen-bond acceptors (Lipinski definition) is 7. The summed E-state index contributed by atoms with van der Waals surface area (Å²) in [4.78, 5) is 19.8. The quantitative estimate of drug-likeness (QED) is 0.779. The van der Waals surface area contributed by atoms with Gasteiger partial charge in [0.1, 0.15) is 12.7 Å². The van der Waals surface area contributed by atoms with Crippen molar-refractivity contribution in [3.8, 4) is 6.01 Å². The molecule has 1 fully saturated rings. The van der Waals surface area contributed by atoms with Crippen molar-refractivity contribution < 1.29 is 19.0 Å². The number of aryl methyl sites for hydroxylation is 1. The van der Waals surface area contributed by atoms with Crippen molar-refractivity contribution in [2.75, 3.05) is 32.9 Å². The van der Waals surface area contributed by atoms with Gasteiger partial charge in [-0.2, -0.15) is 4.98 Å². The van der Waals surface area contributed by atoms with Crippen LogP contribution in [0.15, 0.2) is 6.20 Å². The second kappa shape index (κ2) is 7.16. The SMILES string of the molecule is CCOC(=O)c1cnc(OCC2CNCCO2)nc1C. The van der Waals surface area contributed by atoms with Crippen molar-refractivity contribution in [2.45, 2.75) is 20.0 Å². The van der Waals surface area contributed by atoms with Crippen LogP contribution >= 0.6 is 0 Å². The third-order valence-corrected chi connectivity index (χ3v) is 2.86. The molecule has 2 heterocycles. The fourth-order valence-corrected chi connectivity index (χ4v) is 1.82. The van der Waals surface area contributed by atoms with Crippen molar-refractivity contribution >= 4 is 5.97 Å². The number of nitrogens with one attached hydrogen (secondary N) is 1. The Morgan fingerprint density at radius 1 is 1.60 bits per heavy atom. The first-order valence-corrected chi connectivity index (χ1v) is 6.66. The first kappa shape index (κ1) is 14.7. The number of carbonyl (C=O) groups excluding carboxylic acids is 1. The van der Waals surface area contributed by atoms with Gasteiger partial charge in [-0.1, -0.05) is 0 Å². The van der Waals surface area contributed by atoms with E-state index in [0.29, 0.717) is 31.1 Å². The van der Waals surface area contributed by atoms with E-state index in [1.54, 1.807) is 13.8 Å². The minimum absolute atomic E-state index is 0.00242. The lowest BCUT2D eigenvalue weighted by atomic mass is 10.2. The largest absolute Gasteiger partial charge is 0.462 e. The molecule has 1 atom stereocenters. The summed E-state index contributed by atoms with van der Waals surface area (Å²) in [6.07, 6.45) is 1.42. The Kier molecular flexibility index (Phi) is 5.25. The highest BCUT2D eigenvalue weighted by molar-refractivity contribution is 5.90. The lowest BCUT2D eigenvalue weighted by Gasteiger charge is -2.23. The van der Waals surface area contributed by atoms with E-state index in [4.69, 9.17) is 14.2 Å². The molecule has 0 spiro atoms. The number of esters is 1. The van der Waals surface area contributed by atoms with Crippen LogP contribution in [0, 0.1) is 6.92 Å². The van der Waals surface area contributed by atoms with E-state index in [2.05, 4.69) is 15.3 Å². The zero-order chi connectivity index (χ0) is 14.4. The van der Waals surface area contributed by atoms with Crippen LogP contribution in [0.4, 0.5) is 0 Å². The molecule has 20 heavy (non-hydrogen) atoms. The molecule has 2 rings (SSSR count). The van der Waals surface area contributed by atoms with Crippen LogP contribution in [-0.2, 0) is 9.47 Å². The molecule has 1 N–H and O–H groups in total. The van der Waals surface area contributed by atoms with Crippen molar-refractivity contribution in [1.82, 2.24) is 15.3 Å². The minimum Gasteiger partial charge on any atom is -0.462 e. The number of morpholine rings is 1. The number of rotatable bonds is 5. The summed E-state index contributed by atoms with van der Waals surface area (Å²) in [6, 6.07) is 0.240. The Hall–Kier alpha value is -1.73. The Labute approximate surface area is 117 Å². The van der Waals surface area contributed by atoms with Crippen molar-refractivity contribution in [3.05, 3.63) is 17.5 Å². The molecule has 110 valence electrons. The predicted molar refractivity (Wildman–Crippen MR) is 70.8 cm³/mol. The van der Waals surface area contributed by atoms with Crippen molar-refractivity contribution in [2.24, 2.45) is 0 Å². The fourth-order valence-electron chi connectivity index (χ4n) is 1.82. The normalized spacial score (nSPS) is 18.6. The Balaban J connectivity index is 1.92. The average molecular weight is 281 g/mol. The maximum absolute atomic E-state index is 11.6. The number of hydrogen-bond donors (Lipinski definition) is 1. The molecule has 0 amide bonds. The average Bonchev–Trinajstić information content (AvgIpc) is 2.46. The van der Waals surface area contributed by atoms with E-state index in [9.17, 15) is 4.79 Å². The molecule has 0 aromatic carbocycles. The Morgan fingerprint density at radius 3 is 3.10 bits per heavy atom. The number of ether oxygens (including phenoxy) is 3. The molecule has 1 saturated heterocycles. The lowest BCUT2D eigenvalue weighted by Crippen LogP contribution is -2.41. The molecule has 7 heteroatoms. The summed E-state index contributed by atoms with van der Waals surface area (Å²) in [6.45, 7) is 6.47. The lowest BCUT2D eigenvalue weighted by molar-refractivity contribution is -0.00185. The van der Waals surface area contributed by atoms with Crippen LogP contribution in [0.2, 0.25) is 0 Å². The highest BCUT2D eigenvalue weighted by Gasteiger charge is 2.16. The van der Waals surface area contributed by atoms with E-state index in [1.807, 2.05) is 0 Å². The van der Waals surface area contributed by atoms with E-state index in [1.165, 1.54) is 6.20 Å². The van der Waals surface area contributed by atoms with Gasteiger partial charge in [-0.3, -0.25) is 0 Å². The summed E-state index contributed by atoms with van der Waals surface area (Å²) < 4.78 is 15.9. The van der Waals surface area contributed by atoms with Crippen LogP contribution in [0.3, 0.4) is 0 Å². The van der Waals surface area contributed by atoms with Gasteiger partial charge >= 0.3 is 12.0 Å². The molecule has 7 nitrogen and oxygen atoms in total. The van der Waals surface area contributed by atoms with Gasteiger partial charge in [0.15, 0.2) is 0 Å². The van der Waals surface area contributed by atoms with Gasteiger partial charge in [-0.05, 0) is 13.8 Å². The van der Waals surface area contributed by atoms with Gasteiger partial charge in [0, 0.05) is 19.3 Å². The highest BCUT2D eigenvalue weighted by Crippen LogP contribution is 2.11. The molecule has 1 aromatic heterocycles. The molecule has 0 saturated carbocycles. The Morgan fingerprint density at radius 2 is 2.45 bits per heavy atom. The van der Waals surface area contributed by atoms with Crippen molar-refractivity contribution in [3.63, 3.8) is 0 Å². The van der Waals surface area contributed by atoms with Gasteiger partial charge in [0.2, 0.25) is 0 Å². The van der Waals surface area contributed by atoms with Crippen LogP contribution in [0.5, 0.6) is 6.01 Å². The first-order valence-electron chi connectivity index (χ1n) is 6.66. The molecule has 0 radical (unpaired) electrons. The monoisotopic (exact) mass is 281 g/mol. The summed E-state index contributed by atoms with van der Waals surface area (Å²) >= 11 is 0. The predicted octanol–water partition coefficient (Wildman–Crippen LogP) is 0.329. The second-order valence-electron chi connectivity index (χ2n) is 4.38. The number of carbonyl (C=O) groups is 1. The maximum atomic E-state index is 11.6. The molecule has 1 aromatic rings. The molecular weight excluding hydrogens is 262 g/mol. The smallest absolute Gasteiger partial charge is 0.341 e. The molecular formula is C13H19N3O4. The summed E-state index contributed by atoms with van der Waals surface area (Å²) in [7, 11) is 0. The maximum Gasteiger partial charge on any atom is 0.341 e. The molecule has 0 aliphatic carbocycles. The van der Waals surface area contributed by atoms with E-state index in [-0.39, 0.29) is 12.1 Å². The zero-order valence-electron chi connectivity index (χ0n) is 11.7. The van der Waals surface area contributed by atoms with E-state index < -0.39 is 5.97 Å². The zero-order valence-corrected chi connectivity index (χ0v) is 11.7.